The highest BCUT2D eigenvalue weighted by Gasteiger charge is 2.58. The molecule has 116 valence electrons. The Morgan fingerprint density at radius 3 is 2.52 bits per heavy atom. The molecule has 3 fully saturated rings. The number of carbonyl (C=O) groups is 1. The van der Waals surface area contributed by atoms with Gasteiger partial charge in [0.15, 0.2) is 0 Å². The van der Waals surface area contributed by atoms with Gasteiger partial charge in [-0.25, -0.2) is 0 Å². The van der Waals surface area contributed by atoms with E-state index in [1.807, 2.05) is 0 Å². The van der Waals surface area contributed by atoms with Crippen LogP contribution >= 0.6 is 0 Å². The highest BCUT2D eigenvalue weighted by atomic mass is 16.3. The van der Waals surface area contributed by atoms with Crippen LogP contribution in [-0.2, 0) is 4.79 Å². The molecule has 2 heteroatoms. The first-order valence-corrected chi connectivity index (χ1v) is 8.88. The van der Waals surface area contributed by atoms with E-state index in [4.69, 9.17) is 0 Å². The maximum Gasteiger partial charge on any atom is 0.139 e. The fourth-order valence-electron chi connectivity index (χ4n) is 6.48. The third-order valence-electron chi connectivity index (χ3n) is 7.80. The van der Waals surface area contributed by atoms with Crippen LogP contribution < -0.4 is 0 Å². The molecule has 0 heterocycles. The Morgan fingerprint density at radius 1 is 1.00 bits per heavy atom. The highest BCUT2D eigenvalue weighted by molar-refractivity contribution is 5.87. The fourth-order valence-corrected chi connectivity index (χ4v) is 6.48. The van der Waals surface area contributed by atoms with Crippen molar-refractivity contribution in [3.05, 3.63) is 11.6 Å². The molecule has 4 aliphatic rings. The topological polar surface area (TPSA) is 37.3 Å². The molecule has 4 rings (SSSR count). The van der Waals surface area contributed by atoms with Gasteiger partial charge >= 0.3 is 0 Å². The predicted molar refractivity (Wildman–Crippen MR) is 82.7 cm³/mol. The van der Waals surface area contributed by atoms with Crippen LogP contribution in [-0.4, -0.2) is 17.0 Å². The lowest BCUT2D eigenvalue weighted by Gasteiger charge is -2.57. The number of aliphatic hydroxyl groups is 1. The molecule has 2 nitrogen and oxygen atoms in total. The molecule has 0 unspecified atom stereocenters. The number of allylic oxidation sites excluding steroid dienone is 1. The zero-order valence-electron chi connectivity index (χ0n) is 13.4. The number of rotatable bonds is 0. The molecular formula is C19H28O2. The van der Waals surface area contributed by atoms with E-state index in [1.165, 1.54) is 18.4 Å². The van der Waals surface area contributed by atoms with E-state index in [9.17, 15) is 9.90 Å². The maximum atomic E-state index is 12.4. The predicted octanol–water partition coefficient (Wildman–Crippen LogP) is 3.88. The number of fused-ring (bicyclic) bond motifs is 5. The Labute approximate surface area is 128 Å². The molecule has 1 N–H and O–H groups in total. The van der Waals surface area contributed by atoms with E-state index in [2.05, 4.69) is 19.9 Å². The zero-order chi connectivity index (χ0) is 14.8. The minimum absolute atomic E-state index is 0.00702. The lowest BCUT2D eigenvalue weighted by Crippen LogP contribution is -2.50. The van der Waals surface area contributed by atoms with Gasteiger partial charge in [0.1, 0.15) is 5.78 Å². The second-order valence-electron chi connectivity index (χ2n) is 8.55. The summed E-state index contributed by atoms with van der Waals surface area (Å²) in [5, 5.41) is 9.96. The highest BCUT2D eigenvalue weighted by Crippen LogP contribution is 2.64. The molecule has 0 aliphatic heterocycles. The molecule has 0 saturated heterocycles. The van der Waals surface area contributed by atoms with Gasteiger partial charge in [0, 0.05) is 11.8 Å². The van der Waals surface area contributed by atoms with Crippen molar-refractivity contribution < 1.29 is 9.90 Å². The summed E-state index contributed by atoms with van der Waals surface area (Å²) < 4.78 is 0. The molecule has 0 aromatic carbocycles. The van der Waals surface area contributed by atoms with E-state index < -0.39 is 0 Å². The van der Waals surface area contributed by atoms with Crippen LogP contribution in [0.4, 0.5) is 0 Å². The van der Waals surface area contributed by atoms with Crippen LogP contribution in [0.3, 0.4) is 0 Å². The minimum Gasteiger partial charge on any atom is -0.389 e. The SMILES string of the molecule is C[C@]12CC[C@H]3[C@H](CCC4=C[C@@H](O)CC[C@]43C)[C@@H]1CCC2=O. The standard InChI is InChI=1S/C19H28O2/c1-18-9-7-13(20)11-12(18)3-4-14-15-5-6-17(21)19(15,2)10-8-16(14)18/h11,13-16,20H,3-10H2,1-2H3/t13-,14+,15-,16-,18+,19-/m0/s1. The Morgan fingerprint density at radius 2 is 1.71 bits per heavy atom. The van der Waals surface area contributed by atoms with E-state index >= 15 is 0 Å². The molecule has 4 aliphatic carbocycles. The maximum absolute atomic E-state index is 12.4. The van der Waals surface area contributed by atoms with Crippen molar-refractivity contribution in [2.45, 2.75) is 71.3 Å². The third-order valence-corrected chi connectivity index (χ3v) is 7.80. The lowest BCUT2D eigenvalue weighted by atomic mass is 9.47. The summed E-state index contributed by atoms with van der Waals surface area (Å²) in [5.74, 6) is 2.66. The summed E-state index contributed by atoms with van der Waals surface area (Å²) >= 11 is 0. The van der Waals surface area contributed by atoms with E-state index in [0.29, 0.717) is 17.1 Å². The van der Waals surface area contributed by atoms with E-state index in [0.717, 1.165) is 50.4 Å². The number of hydrogen-bond donors (Lipinski definition) is 1. The van der Waals surface area contributed by atoms with Crippen molar-refractivity contribution in [1.82, 2.24) is 0 Å². The van der Waals surface area contributed by atoms with Crippen molar-refractivity contribution in [2.24, 2.45) is 28.6 Å². The molecule has 0 radical (unpaired) electrons. The Balaban J connectivity index is 1.69. The van der Waals surface area contributed by atoms with Crippen LogP contribution in [0.5, 0.6) is 0 Å². The number of hydrogen-bond acceptors (Lipinski definition) is 2. The van der Waals surface area contributed by atoms with Crippen molar-refractivity contribution >= 4 is 5.78 Å². The average molecular weight is 288 g/mol. The number of Topliss-reactive ketones (excluding diaryl/α,β-unsaturated/α-hetero) is 1. The molecule has 21 heavy (non-hydrogen) atoms. The summed E-state index contributed by atoms with van der Waals surface area (Å²) in [6.45, 7) is 4.70. The summed E-state index contributed by atoms with van der Waals surface area (Å²) in [4.78, 5) is 12.4. The summed E-state index contributed by atoms with van der Waals surface area (Å²) in [6, 6.07) is 0. The van der Waals surface area contributed by atoms with Crippen molar-refractivity contribution in [3.63, 3.8) is 0 Å². The first kappa shape index (κ1) is 14.0. The molecule has 0 spiro atoms. The summed E-state index contributed by atoms with van der Waals surface area (Å²) in [6.07, 6.45) is 10.7. The molecule has 0 bridgehead atoms. The van der Waals surface area contributed by atoms with Gasteiger partial charge in [-0.1, -0.05) is 25.5 Å². The van der Waals surface area contributed by atoms with Crippen LogP contribution in [0.2, 0.25) is 0 Å². The lowest BCUT2D eigenvalue weighted by molar-refractivity contribution is -0.132. The third kappa shape index (κ3) is 1.78. The molecule has 3 saturated carbocycles. The van der Waals surface area contributed by atoms with Gasteiger partial charge in [-0.3, -0.25) is 4.79 Å². The number of aliphatic hydroxyl groups excluding tert-OH is 1. The van der Waals surface area contributed by atoms with E-state index in [1.54, 1.807) is 0 Å². The molecule has 0 amide bonds. The number of ketones is 1. The fraction of sp³-hybridized carbons (Fsp3) is 0.842. The Bertz CT molecular complexity index is 508. The van der Waals surface area contributed by atoms with Crippen molar-refractivity contribution in [2.75, 3.05) is 0 Å². The summed E-state index contributed by atoms with van der Waals surface area (Å²) in [5.41, 5.74) is 1.82. The summed E-state index contributed by atoms with van der Waals surface area (Å²) in [7, 11) is 0. The van der Waals surface area contributed by atoms with E-state index in [-0.39, 0.29) is 11.5 Å². The molecular weight excluding hydrogens is 260 g/mol. The van der Waals surface area contributed by atoms with Crippen LogP contribution in [0.15, 0.2) is 11.6 Å². The first-order valence-electron chi connectivity index (χ1n) is 8.88. The first-order chi connectivity index (χ1) is 9.95. The van der Waals surface area contributed by atoms with Gasteiger partial charge in [0.05, 0.1) is 6.10 Å². The van der Waals surface area contributed by atoms with Gasteiger partial charge in [-0.2, -0.15) is 0 Å². The zero-order valence-corrected chi connectivity index (χ0v) is 13.4. The van der Waals surface area contributed by atoms with Gasteiger partial charge in [-0.15, -0.1) is 0 Å². The van der Waals surface area contributed by atoms with Crippen molar-refractivity contribution in [1.29, 1.82) is 0 Å². The Kier molecular flexibility index (Phi) is 2.96. The van der Waals surface area contributed by atoms with Crippen LogP contribution in [0.1, 0.15) is 65.2 Å². The van der Waals surface area contributed by atoms with Crippen molar-refractivity contribution in [3.8, 4) is 0 Å². The Hall–Kier alpha value is -0.630. The second kappa shape index (κ2) is 4.44. The van der Waals surface area contributed by atoms with Crippen LogP contribution in [0.25, 0.3) is 0 Å². The van der Waals surface area contributed by atoms with Gasteiger partial charge in [0.25, 0.3) is 0 Å². The quantitative estimate of drug-likeness (QED) is 0.687. The van der Waals surface area contributed by atoms with Gasteiger partial charge < -0.3 is 5.11 Å². The average Bonchev–Trinajstić information content (AvgIpc) is 2.76. The largest absolute Gasteiger partial charge is 0.389 e. The molecule has 0 aromatic rings. The second-order valence-corrected chi connectivity index (χ2v) is 8.55. The molecule has 6 atom stereocenters. The smallest absolute Gasteiger partial charge is 0.139 e. The number of carbonyl (C=O) groups excluding carboxylic acids is 1. The normalized spacial score (nSPS) is 52.7. The van der Waals surface area contributed by atoms with Crippen LogP contribution in [0, 0.1) is 28.6 Å². The van der Waals surface area contributed by atoms with Gasteiger partial charge in [-0.05, 0) is 68.1 Å². The molecule has 0 aromatic heterocycles. The minimum atomic E-state index is -0.216. The van der Waals surface area contributed by atoms with Gasteiger partial charge in [0.2, 0.25) is 0 Å². The monoisotopic (exact) mass is 288 g/mol.